The molecule has 2 rings (SSSR count). The van der Waals surface area contributed by atoms with Gasteiger partial charge in [0.05, 0.1) is 5.57 Å². The minimum absolute atomic E-state index is 0.0521. The number of carboxylic acids is 1. The lowest BCUT2D eigenvalue weighted by Crippen LogP contribution is -2.01. The molecule has 96 valence electrons. The largest absolute Gasteiger partial charge is 0.478 e. The third-order valence-electron chi connectivity index (χ3n) is 2.75. The third kappa shape index (κ3) is 3.07. The summed E-state index contributed by atoms with van der Waals surface area (Å²) in [5.41, 5.74) is 1.80. The van der Waals surface area contributed by atoms with Crippen LogP contribution in [0.25, 0.3) is 11.6 Å². The van der Waals surface area contributed by atoms with Crippen molar-refractivity contribution in [3.05, 3.63) is 71.0 Å². The molecule has 0 atom stereocenters. The first kappa shape index (κ1) is 13.0. The highest BCUT2D eigenvalue weighted by Crippen LogP contribution is 2.21. The van der Waals surface area contributed by atoms with Crippen LogP contribution in [0.5, 0.6) is 0 Å². The van der Waals surface area contributed by atoms with E-state index in [-0.39, 0.29) is 11.1 Å². The van der Waals surface area contributed by atoms with E-state index in [4.69, 9.17) is 0 Å². The van der Waals surface area contributed by atoms with Gasteiger partial charge < -0.3 is 5.11 Å². The van der Waals surface area contributed by atoms with E-state index in [2.05, 4.69) is 0 Å². The molecule has 0 saturated heterocycles. The zero-order valence-corrected chi connectivity index (χ0v) is 10.4. The first-order valence-corrected chi connectivity index (χ1v) is 5.84. The third-order valence-corrected chi connectivity index (χ3v) is 2.75. The van der Waals surface area contributed by atoms with Crippen LogP contribution in [0.3, 0.4) is 0 Å². The summed E-state index contributed by atoms with van der Waals surface area (Å²) >= 11 is 0. The van der Waals surface area contributed by atoms with Gasteiger partial charge in [-0.3, -0.25) is 0 Å². The normalized spacial score (nSPS) is 11.4. The topological polar surface area (TPSA) is 37.3 Å². The molecular formula is C16H13FO2. The van der Waals surface area contributed by atoms with Gasteiger partial charge in [0.15, 0.2) is 0 Å². The molecule has 0 aromatic heterocycles. The Bertz CT molecular complexity index is 645. The molecule has 0 spiro atoms. The minimum Gasteiger partial charge on any atom is -0.478 e. The highest BCUT2D eigenvalue weighted by atomic mass is 19.1. The molecule has 19 heavy (non-hydrogen) atoms. The molecule has 0 radical (unpaired) electrons. The van der Waals surface area contributed by atoms with E-state index in [1.54, 1.807) is 12.1 Å². The van der Waals surface area contributed by atoms with Gasteiger partial charge >= 0.3 is 5.97 Å². The first-order valence-electron chi connectivity index (χ1n) is 5.84. The van der Waals surface area contributed by atoms with Crippen molar-refractivity contribution >= 4 is 17.6 Å². The highest BCUT2D eigenvalue weighted by Gasteiger charge is 2.14. The Morgan fingerprint density at radius 1 is 1.16 bits per heavy atom. The van der Waals surface area contributed by atoms with Gasteiger partial charge in [0.2, 0.25) is 0 Å². The highest BCUT2D eigenvalue weighted by molar-refractivity contribution is 6.20. The fourth-order valence-electron chi connectivity index (χ4n) is 1.86. The molecule has 0 saturated carbocycles. The number of aryl methyl sites for hydroxylation is 1. The van der Waals surface area contributed by atoms with Crippen molar-refractivity contribution in [3.63, 3.8) is 0 Å². The number of halogens is 1. The number of hydrogen-bond acceptors (Lipinski definition) is 1. The lowest BCUT2D eigenvalue weighted by atomic mass is 10.0. The second-order valence-corrected chi connectivity index (χ2v) is 4.26. The van der Waals surface area contributed by atoms with Crippen LogP contribution in [0.1, 0.15) is 16.7 Å². The van der Waals surface area contributed by atoms with E-state index < -0.39 is 11.8 Å². The molecule has 0 aliphatic heterocycles. The monoisotopic (exact) mass is 256 g/mol. The molecule has 3 heteroatoms. The summed E-state index contributed by atoms with van der Waals surface area (Å²) in [5, 5.41) is 9.25. The summed E-state index contributed by atoms with van der Waals surface area (Å²) in [4.78, 5) is 11.3. The maximum atomic E-state index is 13.7. The molecule has 0 fully saturated rings. The summed E-state index contributed by atoms with van der Waals surface area (Å²) in [6.07, 6.45) is 1.48. The molecular weight excluding hydrogens is 243 g/mol. The van der Waals surface area contributed by atoms with Crippen LogP contribution in [-0.4, -0.2) is 11.1 Å². The summed E-state index contributed by atoms with van der Waals surface area (Å²) in [6, 6.07) is 13.3. The van der Waals surface area contributed by atoms with Crippen LogP contribution in [-0.2, 0) is 4.79 Å². The Hall–Kier alpha value is -2.42. The van der Waals surface area contributed by atoms with Crippen molar-refractivity contribution in [2.45, 2.75) is 6.92 Å². The fourth-order valence-corrected chi connectivity index (χ4v) is 1.86. The Balaban J connectivity index is 2.53. The van der Waals surface area contributed by atoms with Crippen molar-refractivity contribution in [1.29, 1.82) is 0 Å². The average Bonchev–Trinajstić information content (AvgIpc) is 2.37. The Kier molecular flexibility index (Phi) is 3.76. The van der Waals surface area contributed by atoms with Crippen LogP contribution >= 0.6 is 0 Å². The van der Waals surface area contributed by atoms with Gasteiger partial charge in [-0.2, -0.15) is 0 Å². The molecule has 0 heterocycles. The first-order chi connectivity index (χ1) is 9.08. The van der Waals surface area contributed by atoms with Gasteiger partial charge in [-0.15, -0.1) is 0 Å². The number of rotatable bonds is 3. The maximum Gasteiger partial charge on any atom is 0.336 e. The van der Waals surface area contributed by atoms with E-state index in [9.17, 15) is 14.3 Å². The average molecular weight is 256 g/mol. The fraction of sp³-hybridized carbons (Fsp3) is 0.0625. The smallest absolute Gasteiger partial charge is 0.336 e. The van der Waals surface area contributed by atoms with Crippen LogP contribution in [0.2, 0.25) is 0 Å². The Labute approximate surface area is 110 Å². The predicted octanol–water partition coefficient (Wildman–Crippen LogP) is 3.76. The molecule has 0 unspecified atom stereocenters. The van der Waals surface area contributed by atoms with Crippen LogP contribution in [0.4, 0.5) is 4.39 Å². The molecule has 0 aliphatic carbocycles. The number of benzene rings is 2. The van der Waals surface area contributed by atoms with Crippen molar-refractivity contribution in [1.82, 2.24) is 0 Å². The van der Waals surface area contributed by atoms with Gasteiger partial charge in [0, 0.05) is 5.56 Å². The van der Waals surface area contributed by atoms with Crippen molar-refractivity contribution in [2.24, 2.45) is 0 Å². The van der Waals surface area contributed by atoms with E-state index in [0.717, 1.165) is 11.1 Å². The maximum absolute atomic E-state index is 13.7. The number of hydrogen-bond donors (Lipinski definition) is 1. The Morgan fingerprint density at radius 3 is 2.53 bits per heavy atom. The van der Waals surface area contributed by atoms with Crippen molar-refractivity contribution in [3.8, 4) is 0 Å². The SMILES string of the molecule is Cc1cccc(/C=C(/C(=O)O)c2ccccc2F)c1. The van der Waals surface area contributed by atoms with Gasteiger partial charge in [-0.05, 0) is 24.6 Å². The summed E-state index contributed by atoms with van der Waals surface area (Å²) in [6.45, 7) is 1.92. The zero-order chi connectivity index (χ0) is 13.8. The quantitative estimate of drug-likeness (QED) is 0.670. The standard InChI is InChI=1S/C16H13FO2/c1-11-5-4-6-12(9-11)10-14(16(18)19)13-7-2-3-8-15(13)17/h2-10H,1H3,(H,18,19)/b14-10+. The van der Waals surface area contributed by atoms with Gasteiger partial charge in [-0.1, -0.05) is 48.0 Å². The van der Waals surface area contributed by atoms with E-state index in [1.165, 1.54) is 24.3 Å². The summed E-state index contributed by atoms with van der Waals surface area (Å²) in [5.74, 6) is -1.68. The summed E-state index contributed by atoms with van der Waals surface area (Å²) in [7, 11) is 0. The molecule has 0 aliphatic rings. The van der Waals surface area contributed by atoms with Crippen molar-refractivity contribution in [2.75, 3.05) is 0 Å². The van der Waals surface area contributed by atoms with Gasteiger partial charge in [-0.25, -0.2) is 9.18 Å². The van der Waals surface area contributed by atoms with E-state index >= 15 is 0 Å². The Morgan fingerprint density at radius 2 is 1.89 bits per heavy atom. The predicted molar refractivity (Wildman–Crippen MR) is 73.1 cm³/mol. The zero-order valence-electron chi connectivity index (χ0n) is 10.4. The molecule has 0 amide bonds. The minimum atomic E-state index is -1.15. The molecule has 2 aromatic rings. The van der Waals surface area contributed by atoms with E-state index in [0.29, 0.717) is 0 Å². The second-order valence-electron chi connectivity index (χ2n) is 4.26. The van der Waals surface area contributed by atoms with Crippen LogP contribution in [0.15, 0.2) is 48.5 Å². The van der Waals surface area contributed by atoms with Crippen molar-refractivity contribution < 1.29 is 14.3 Å². The van der Waals surface area contributed by atoms with Crippen LogP contribution in [0, 0.1) is 12.7 Å². The number of carbonyl (C=O) groups is 1. The summed E-state index contributed by atoms with van der Waals surface area (Å²) < 4.78 is 13.7. The van der Waals surface area contributed by atoms with Gasteiger partial charge in [0.25, 0.3) is 0 Å². The molecule has 2 aromatic carbocycles. The molecule has 0 bridgehead atoms. The number of aliphatic carboxylic acids is 1. The lowest BCUT2D eigenvalue weighted by molar-refractivity contribution is -0.130. The molecule has 1 N–H and O–H groups in total. The van der Waals surface area contributed by atoms with E-state index in [1.807, 2.05) is 25.1 Å². The van der Waals surface area contributed by atoms with Crippen LogP contribution < -0.4 is 0 Å². The second kappa shape index (κ2) is 5.48. The lowest BCUT2D eigenvalue weighted by Gasteiger charge is -2.05. The molecule has 2 nitrogen and oxygen atoms in total. The van der Waals surface area contributed by atoms with Gasteiger partial charge in [0.1, 0.15) is 5.82 Å². The number of carboxylic acid groups (broad SMARTS) is 1.